The van der Waals surface area contributed by atoms with Gasteiger partial charge in [0.25, 0.3) is 0 Å². The first-order chi connectivity index (χ1) is 12.8. The molecule has 0 saturated heterocycles. The lowest BCUT2D eigenvalue weighted by atomic mass is 10.2. The molecule has 0 radical (unpaired) electrons. The standard InChI is InChI=1S/C20H20ClN3O2/c21-15-3-4-16-17(6-9-24-18(16)11-15)23-8-1-7-22-12-14-2-5-19-20(10-14)26-13-25-19/h2-6,9-11,22H,1,7-8,12-13H2,(H,23,24). The van der Waals surface area contributed by atoms with Crippen LogP contribution in [0.25, 0.3) is 10.9 Å². The van der Waals surface area contributed by atoms with Crippen LogP contribution in [0, 0.1) is 0 Å². The van der Waals surface area contributed by atoms with Gasteiger partial charge >= 0.3 is 0 Å². The molecule has 134 valence electrons. The van der Waals surface area contributed by atoms with E-state index in [1.807, 2.05) is 36.4 Å². The molecule has 2 aromatic carbocycles. The number of halogens is 1. The van der Waals surface area contributed by atoms with Crippen LogP contribution in [0.15, 0.2) is 48.7 Å². The SMILES string of the molecule is Clc1ccc2c(NCCCNCc3ccc4c(c3)OCO4)ccnc2c1. The molecule has 1 aromatic heterocycles. The quantitative estimate of drug-likeness (QED) is 0.611. The summed E-state index contributed by atoms with van der Waals surface area (Å²) in [5.41, 5.74) is 3.19. The Bertz CT molecular complexity index is 917. The van der Waals surface area contributed by atoms with Gasteiger partial charge in [0.15, 0.2) is 11.5 Å². The molecule has 4 rings (SSSR count). The Morgan fingerprint density at radius 1 is 1.00 bits per heavy atom. The van der Waals surface area contributed by atoms with Gasteiger partial charge in [-0.1, -0.05) is 17.7 Å². The molecule has 1 aliphatic heterocycles. The number of benzene rings is 2. The van der Waals surface area contributed by atoms with E-state index >= 15 is 0 Å². The van der Waals surface area contributed by atoms with Crippen molar-refractivity contribution in [3.8, 4) is 11.5 Å². The lowest BCUT2D eigenvalue weighted by Crippen LogP contribution is -2.17. The molecule has 0 bridgehead atoms. The van der Waals surface area contributed by atoms with Crippen molar-refractivity contribution in [3.63, 3.8) is 0 Å². The van der Waals surface area contributed by atoms with E-state index in [9.17, 15) is 0 Å². The Kier molecular flexibility index (Phi) is 5.09. The minimum atomic E-state index is 0.313. The summed E-state index contributed by atoms with van der Waals surface area (Å²) in [6.45, 7) is 2.94. The van der Waals surface area contributed by atoms with Crippen molar-refractivity contribution in [3.05, 3.63) is 59.2 Å². The van der Waals surface area contributed by atoms with Crippen LogP contribution < -0.4 is 20.1 Å². The summed E-state index contributed by atoms with van der Waals surface area (Å²) < 4.78 is 10.7. The first-order valence-electron chi connectivity index (χ1n) is 8.67. The highest BCUT2D eigenvalue weighted by molar-refractivity contribution is 6.31. The summed E-state index contributed by atoms with van der Waals surface area (Å²) in [7, 11) is 0. The highest BCUT2D eigenvalue weighted by Gasteiger charge is 2.12. The molecule has 2 heterocycles. The fourth-order valence-electron chi connectivity index (χ4n) is 3.00. The molecule has 0 spiro atoms. The lowest BCUT2D eigenvalue weighted by molar-refractivity contribution is 0.174. The fourth-order valence-corrected chi connectivity index (χ4v) is 3.16. The molecule has 0 amide bonds. The molecule has 0 atom stereocenters. The second-order valence-corrected chi connectivity index (χ2v) is 6.60. The van der Waals surface area contributed by atoms with Crippen LogP contribution in [0.3, 0.4) is 0 Å². The molecular formula is C20H20ClN3O2. The Morgan fingerprint density at radius 2 is 1.92 bits per heavy atom. The zero-order valence-electron chi connectivity index (χ0n) is 14.3. The van der Waals surface area contributed by atoms with Gasteiger partial charge in [0.1, 0.15) is 0 Å². The van der Waals surface area contributed by atoms with Crippen LogP contribution in [-0.4, -0.2) is 24.9 Å². The van der Waals surface area contributed by atoms with Gasteiger partial charge in [-0.2, -0.15) is 0 Å². The molecule has 0 aliphatic carbocycles. The minimum absolute atomic E-state index is 0.313. The van der Waals surface area contributed by atoms with Gasteiger partial charge in [0, 0.05) is 35.4 Å². The third kappa shape index (κ3) is 3.84. The van der Waals surface area contributed by atoms with Crippen molar-refractivity contribution in [2.45, 2.75) is 13.0 Å². The molecule has 0 unspecified atom stereocenters. The van der Waals surface area contributed by atoms with Crippen LogP contribution in [0.1, 0.15) is 12.0 Å². The van der Waals surface area contributed by atoms with E-state index in [0.29, 0.717) is 11.8 Å². The summed E-state index contributed by atoms with van der Waals surface area (Å²) in [6, 6.07) is 13.8. The average Bonchev–Trinajstić information content (AvgIpc) is 3.12. The highest BCUT2D eigenvalue weighted by Crippen LogP contribution is 2.32. The third-order valence-electron chi connectivity index (χ3n) is 4.32. The molecule has 0 fully saturated rings. The summed E-state index contributed by atoms with van der Waals surface area (Å²) in [6.07, 6.45) is 2.82. The molecular weight excluding hydrogens is 350 g/mol. The number of fused-ring (bicyclic) bond motifs is 2. The summed E-state index contributed by atoms with van der Waals surface area (Å²) >= 11 is 6.03. The minimum Gasteiger partial charge on any atom is -0.454 e. The molecule has 6 heteroatoms. The van der Waals surface area contributed by atoms with E-state index in [2.05, 4.69) is 21.7 Å². The Hall–Kier alpha value is -2.50. The molecule has 2 N–H and O–H groups in total. The maximum Gasteiger partial charge on any atom is 0.231 e. The highest BCUT2D eigenvalue weighted by atomic mass is 35.5. The van der Waals surface area contributed by atoms with E-state index in [-0.39, 0.29) is 0 Å². The van der Waals surface area contributed by atoms with E-state index < -0.39 is 0 Å². The van der Waals surface area contributed by atoms with Crippen molar-refractivity contribution in [1.82, 2.24) is 10.3 Å². The number of nitrogens with zero attached hydrogens (tertiary/aromatic N) is 1. The van der Waals surface area contributed by atoms with Crippen LogP contribution >= 0.6 is 11.6 Å². The van der Waals surface area contributed by atoms with Gasteiger partial charge in [0.2, 0.25) is 6.79 Å². The number of ether oxygens (including phenoxy) is 2. The van der Waals surface area contributed by atoms with Crippen LogP contribution in [-0.2, 0) is 6.54 Å². The van der Waals surface area contributed by atoms with Crippen molar-refractivity contribution >= 4 is 28.2 Å². The second-order valence-electron chi connectivity index (χ2n) is 6.16. The third-order valence-corrected chi connectivity index (χ3v) is 4.55. The maximum atomic E-state index is 6.03. The molecule has 3 aromatic rings. The Labute approximate surface area is 157 Å². The normalized spacial score (nSPS) is 12.5. The number of hydrogen-bond acceptors (Lipinski definition) is 5. The number of anilines is 1. The van der Waals surface area contributed by atoms with Gasteiger partial charge in [-0.05, 0) is 54.9 Å². The smallest absolute Gasteiger partial charge is 0.231 e. The maximum absolute atomic E-state index is 6.03. The van der Waals surface area contributed by atoms with E-state index in [1.165, 1.54) is 5.56 Å². The second kappa shape index (κ2) is 7.81. The van der Waals surface area contributed by atoms with Gasteiger partial charge in [-0.15, -0.1) is 0 Å². The van der Waals surface area contributed by atoms with Gasteiger partial charge < -0.3 is 20.1 Å². The van der Waals surface area contributed by atoms with Crippen molar-refractivity contribution in [2.75, 3.05) is 25.2 Å². The lowest BCUT2D eigenvalue weighted by Gasteiger charge is -2.10. The first kappa shape index (κ1) is 16.9. The largest absolute Gasteiger partial charge is 0.454 e. The predicted molar refractivity (Wildman–Crippen MR) is 104 cm³/mol. The molecule has 0 saturated carbocycles. The molecule has 26 heavy (non-hydrogen) atoms. The van der Waals surface area contributed by atoms with Crippen molar-refractivity contribution in [2.24, 2.45) is 0 Å². The van der Waals surface area contributed by atoms with Crippen molar-refractivity contribution in [1.29, 1.82) is 0 Å². The van der Waals surface area contributed by atoms with Gasteiger partial charge in [-0.3, -0.25) is 4.98 Å². The first-order valence-corrected chi connectivity index (χ1v) is 9.05. The number of rotatable bonds is 7. The van der Waals surface area contributed by atoms with Crippen LogP contribution in [0.5, 0.6) is 11.5 Å². The van der Waals surface area contributed by atoms with Crippen LogP contribution in [0.4, 0.5) is 5.69 Å². The van der Waals surface area contributed by atoms with Gasteiger partial charge in [-0.25, -0.2) is 0 Å². The average molecular weight is 370 g/mol. The summed E-state index contributed by atoms with van der Waals surface area (Å²) in [5, 5.41) is 8.73. The zero-order valence-corrected chi connectivity index (χ0v) is 15.1. The van der Waals surface area contributed by atoms with E-state index in [4.69, 9.17) is 21.1 Å². The number of aromatic nitrogens is 1. The Balaban J connectivity index is 1.23. The fraction of sp³-hybridized carbons (Fsp3) is 0.250. The molecule has 1 aliphatic rings. The summed E-state index contributed by atoms with van der Waals surface area (Å²) in [4.78, 5) is 4.36. The molecule has 5 nitrogen and oxygen atoms in total. The monoisotopic (exact) mass is 369 g/mol. The van der Waals surface area contributed by atoms with Crippen LogP contribution in [0.2, 0.25) is 5.02 Å². The number of pyridine rings is 1. The summed E-state index contributed by atoms with van der Waals surface area (Å²) in [5.74, 6) is 1.65. The van der Waals surface area contributed by atoms with E-state index in [1.54, 1.807) is 6.20 Å². The number of nitrogens with one attached hydrogen (secondary N) is 2. The Morgan fingerprint density at radius 3 is 2.88 bits per heavy atom. The van der Waals surface area contributed by atoms with Gasteiger partial charge in [0.05, 0.1) is 5.52 Å². The van der Waals surface area contributed by atoms with E-state index in [0.717, 1.165) is 54.1 Å². The topological polar surface area (TPSA) is 55.4 Å². The zero-order chi connectivity index (χ0) is 17.8. The van der Waals surface area contributed by atoms with Crippen molar-refractivity contribution < 1.29 is 9.47 Å². The number of hydrogen-bond donors (Lipinski definition) is 2. The predicted octanol–water partition coefficient (Wildman–Crippen LogP) is 4.21.